The maximum absolute atomic E-state index is 13.6. The predicted molar refractivity (Wildman–Crippen MR) is 138 cm³/mol. The van der Waals surface area contributed by atoms with E-state index in [1.165, 1.54) is 25.2 Å². The maximum Gasteiger partial charge on any atom is 0.416 e. The summed E-state index contributed by atoms with van der Waals surface area (Å²) in [5.41, 5.74) is 2.28. The lowest BCUT2D eigenvalue weighted by Gasteiger charge is -2.30. The number of ether oxygens (including phenoxy) is 2. The third-order valence-electron chi connectivity index (χ3n) is 6.51. The zero-order valence-electron chi connectivity index (χ0n) is 21.7. The van der Waals surface area contributed by atoms with Crippen molar-refractivity contribution in [2.24, 2.45) is 0 Å². The second kappa shape index (κ2) is 10.5. The van der Waals surface area contributed by atoms with E-state index in [0.717, 1.165) is 33.2 Å². The number of halogens is 3. The predicted octanol–water partition coefficient (Wildman–Crippen LogP) is 6.84. The molecule has 5 nitrogen and oxygen atoms in total. The van der Waals surface area contributed by atoms with Crippen molar-refractivity contribution in [2.45, 2.75) is 50.9 Å². The monoisotopic (exact) mass is 525 g/mol. The lowest BCUT2D eigenvalue weighted by Crippen LogP contribution is -2.47. The van der Waals surface area contributed by atoms with Crippen LogP contribution in [0.5, 0.6) is 0 Å². The van der Waals surface area contributed by atoms with E-state index in [1.807, 2.05) is 48.5 Å². The third-order valence-corrected chi connectivity index (χ3v) is 6.51. The topological polar surface area (TPSA) is 55.8 Å². The molecular formula is C30H30F3NO4. The van der Waals surface area contributed by atoms with E-state index in [-0.39, 0.29) is 24.5 Å². The molecule has 0 radical (unpaired) electrons. The van der Waals surface area contributed by atoms with Crippen molar-refractivity contribution >= 4 is 12.1 Å². The lowest BCUT2D eigenvalue weighted by atomic mass is 9.98. The van der Waals surface area contributed by atoms with Gasteiger partial charge in [-0.1, -0.05) is 66.7 Å². The molecule has 0 fully saturated rings. The van der Waals surface area contributed by atoms with E-state index in [0.29, 0.717) is 0 Å². The number of esters is 1. The first-order valence-corrected chi connectivity index (χ1v) is 12.3. The van der Waals surface area contributed by atoms with Crippen molar-refractivity contribution < 1.29 is 32.2 Å². The first-order valence-electron chi connectivity index (χ1n) is 12.3. The Balaban J connectivity index is 1.57. The fourth-order valence-corrected chi connectivity index (χ4v) is 4.75. The molecule has 0 saturated carbocycles. The Morgan fingerprint density at radius 2 is 1.39 bits per heavy atom. The van der Waals surface area contributed by atoms with Gasteiger partial charge in [0, 0.05) is 19.4 Å². The van der Waals surface area contributed by atoms with Gasteiger partial charge in [-0.05, 0) is 54.7 Å². The van der Waals surface area contributed by atoms with Gasteiger partial charge >= 0.3 is 18.2 Å². The molecule has 3 aromatic carbocycles. The quantitative estimate of drug-likeness (QED) is 0.331. The molecule has 1 aliphatic carbocycles. The van der Waals surface area contributed by atoms with Gasteiger partial charge in [0.25, 0.3) is 0 Å². The van der Waals surface area contributed by atoms with Crippen LogP contribution >= 0.6 is 0 Å². The fourth-order valence-electron chi connectivity index (χ4n) is 4.75. The highest BCUT2D eigenvalue weighted by Gasteiger charge is 2.38. The second-order valence-corrected chi connectivity index (χ2v) is 10.3. The van der Waals surface area contributed by atoms with Gasteiger partial charge in [-0.15, -0.1) is 0 Å². The summed E-state index contributed by atoms with van der Waals surface area (Å²) in [6, 6.07) is 19.4. The average molecular weight is 526 g/mol. The van der Waals surface area contributed by atoms with Crippen LogP contribution in [0.4, 0.5) is 18.0 Å². The number of rotatable bonds is 6. The molecule has 0 bridgehead atoms. The number of hydrogen-bond donors (Lipinski definition) is 0. The van der Waals surface area contributed by atoms with Gasteiger partial charge in [0.1, 0.15) is 18.2 Å². The normalized spacial score (nSPS) is 13.9. The summed E-state index contributed by atoms with van der Waals surface area (Å²) >= 11 is 0. The van der Waals surface area contributed by atoms with Crippen LogP contribution in [-0.2, 0) is 26.9 Å². The molecule has 200 valence electrons. The van der Waals surface area contributed by atoms with Crippen LogP contribution in [-0.4, -0.2) is 42.3 Å². The molecule has 0 saturated heterocycles. The molecule has 1 unspecified atom stereocenters. The molecule has 0 N–H and O–H groups in total. The Morgan fingerprint density at radius 3 is 1.95 bits per heavy atom. The molecule has 0 heterocycles. The van der Waals surface area contributed by atoms with Crippen LogP contribution in [0.15, 0.2) is 72.8 Å². The minimum absolute atomic E-state index is 0.0113. The van der Waals surface area contributed by atoms with Gasteiger partial charge in [-0.2, -0.15) is 13.2 Å². The summed E-state index contributed by atoms with van der Waals surface area (Å²) in [5, 5.41) is 0. The standard InChI is InChI=1S/C30H30F3NO4/c1-29(2,3)38-27(35)26(17-19-11-5-10-16-25(19)30(31,32)33)34(4)28(36)37-18-24-22-14-8-6-12-20(22)21-13-7-9-15-23(21)24/h5-16,24,26H,17-18H2,1-4H3. The minimum Gasteiger partial charge on any atom is -0.458 e. The Kier molecular flexibility index (Phi) is 7.54. The van der Waals surface area contributed by atoms with Gasteiger partial charge < -0.3 is 9.47 Å². The number of alkyl halides is 3. The van der Waals surface area contributed by atoms with Crippen molar-refractivity contribution in [3.8, 4) is 11.1 Å². The van der Waals surface area contributed by atoms with Gasteiger partial charge in [0.15, 0.2) is 0 Å². The van der Waals surface area contributed by atoms with Crippen LogP contribution in [0.3, 0.4) is 0 Å². The van der Waals surface area contributed by atoms with E-state index in [2.05, 4.69) is 0 Å². The van der Waals surface area contributed by atoms with Crippen LogP contribution in [0, 0.1) is 0 Å². The van der Waals surface area contributed by atoms with Crippen molar-refractivity contribution in [3.05, 3.63) is 95.1 Å². The van der Waals surface area contributed by atoms with E-state index in [9.17, 15) is 22.8 Å². The van der Waals surface area contributed by atoms with Crippen LogP contribution in [0.1, 0.15) is 48.9 Å². The summed E-state index contributed by atoms with van der Waals surface area (Å²) in [6.45, 7) is 4.97. The number of amides is 1. The van der Waals surface area contributed by atoms with E-state index in [1.54, 1.807) is 20.8 Å². The molecule has 0 spiro atoms. The number of hydrogen-bond acceptors (Lipinski definition) is 4. The summed E-state index contributed by atoms with van der Waals surface area (Å²) < 4.78 is 52.1. The number of benzene rings is 3. The Labute approximate surface area is 220 Å². The van der Waals surface area contributed by atoms with Gasteiger partial charge in [0.2, 0.25) is 0 Å². The number of carbonyl (C=O) groups excluding carboxylic acids is 2. The molecule has 38 heavy (non-hydrogen) atoms. The van der Waals surface area contributed by atoms with Crippen LogP contribution < -0.4 is 0 Å². The van der Waals surface area contributed by atoms with Crippen molar-refractivity contribution in [1.29, 1.82) is 0 Å². The number of likely N-dealkylation sites (N-methyl/N-ethyl adjacent to an activating group) is 1. The molecule has 4 rings (SSSR count). The number of fused-ring (bicyclic) bond motifs is 3. The van der Waals surface area contributed by atoms with Gasteiger partial charge in [-0.25, -0.2) is 9.59 Å². The molecule has 0 aromatic heterocycles. The Hall–Kier alpha value is -3.81. The van der Waals surface area contributed by atoms with Crippen molar-refractivity contribution in [1.82, 2.24) is 4.90 Å². The highest BCUT2D eigenvalue weighted by molar-refractivity contribution is 5.82. The van der Waals surface area contributed by atoms with E-state index < -0.39 is 35.4 Å². The van der Waals surface area contributed by atoms with E-state index in [4.69, 9.17) is 9.47 Å². The van der Waals surface area contributed by atoms with Gasteiger partial charge in [0.05, 0.1) is 5.56 Å². The zero-order chi connectivity index (χ0) is 27.7. The number of nitrogens with zero attached hydrogens (tertiary/aromatic N) is 1. The fraction of sp³-hybridized carbons (Fsp3) is 0.333. The highest BCUT2D eigenvalue weighted by Crippen LogP contribution is 2.44. The molecular weight excluding hydrogens is 495 g/mol. The molecule has 1 aliphatic rings. The average Bonchev–Trinajstić information content (AvgIpc) is 3.17. The summed E-state index contributed by atoms with van der Waals surface area (Å²) in [5.74, 6) is -1.02. The minimum atomic E-state index is -4.61. The molecule has 3 aromatic rings. The van der Waals surface area contributed by atoms with Crippen LogP contribution in [0.25, 0.3) is 11.1 Å². The Bertz CT molecular complexity index is 1280. The first-order chi connectivity index (χ1) is 17.9. The van der Waals surface area contributed by atoms with Crippen molar-refractivity contribution in [3.63, 3.8) is 0 Å². The van der Waals surface area contributed by atoms with Crippen LogP contribution in [0.2, 0.25) is 0 Å². The van der Waals surface area contributed by atoms with Gasteiger partial charge in [-0.3, -0.25) is 4.90 Å². The summed E-state index contributed by atoms with van der Waals surface area (Å²) in [6.07, 6.45) is -5.82. The smallest absolute Gasteiger partial charge is 0.416 e. The first kappa shape index (κ1) is 27.2. The molecule has 1 atom stereocenters. The molecule has 0 aliphatic heterocycles. The summed E-state index contributed by atoms with van der Waals surface area (Å²) in [7, 11) is 1.34. The molecule has 8 heteroatoms. The lowest BCUT2D eigenvalue weighted by molar-refractivity contribution is -0.160. The largest absolute Gasteiger partial charge is 0.458 e. The molecule has 1 amide bonds. The van der Waals surface area contributed by atoms with Crippen molar-refractivity contribution in [2.75, 3.05) is 13.7 Å². The zero-order valence-corrected chi connectivity index (χ0v) is 21.7. The SMILES string of the molecule is CN(C(=O)OCC1c2ccccc2-c2ccccc21)C(Cc1ccccc1C(F)(F)F)C(=O)OC(C)(C)C. The second-order valence-electron chi connectivity index (χ2n) is 10.3. The Morgan fingerprint density at radius 1 is 0.868 bits per heavy atom. The maximum atomic E-state index is 13.6. The summed E-state index contributed by atoms with van der Waals surface area (Å²) in [4.78, 5) is 27.3. The number of carbonyl (C=O) groups is 2. The van der Waals surface area contributed by atoms with E-state index >= 15 is 0 Å². The highest BCUT2D eigenvalue weighted by atomic mass is 19.4. The third kappa shape index (κ3) is 5.85.